The van der Waals surface area contributed by atoms with Crippen molar-refractivity contribution in [3.63, 3.8) is 0 Å². The number of ether oxygens (including phenoxy) is 1. The quantitative estimate of drug-likeness (QED) is 0.608. The van der Waals surface area contributed by atoms with Crippen molar-refractivity contribution in [1.82, 2.24) is 0 Å². The molecule has 0 spiro atoms. The van der Waals surface area contributed by atoms with E-state index in [2.05, 4.69) is 6.58 Å². The summed E-state index contributed by atoms with van der Waals surface area (Å²) in [7, 11) is 0. The number of cyclic esters (lactones) is 1. The van der Waals surface area contributed by atoms with Gasteiger partial charge < -0.3 is 9.84 Å². The smallest absolute Gasteiger partial charge is 0.339 e. The van der Waals surface area contributed by atoms with Crippen LogP contribution in [0, 0.1) is 0 Å². The average Bonchev–Trinajstić information content (AvgIpc) is 2.52. The van der Waals surface area contributed by atoms with Gasteiger partial charge in [-0.05, 0) is 31.0 Å². The number of hydrogen-bond donors (Lipinski definition) is 1. The molecule has 3 heteroatoms. The van der Waals surface area contributed by atoms with Gasteiger partial charge in [0.2, 0.25) is 0 Å². The summed E-state index contributed by atoms with van der Waals surface area (Å²) >= 11 is 0. The Labute approximate surface area is 88.0 Å². The first-order valence-corrected chi connectivity index (χ1v) is 4.87. The Morgan fingerprint density at radius 2 is 2.33 bits per heavy atom. The van der Waals surface area contributed by atoms with Gasteiger partial charge in [-0.2, -0.15) is 0 Å². The second-order valence-electron chi connectivity index (χ2n) is 3.53. The summed E-state index contributed by atoms with van der Waals surface area (Å²) < 4.78 is 5.19. The normalized spacial score (nSPS) is 18.4. The zero-order chi connectivity index (χ0) is 10.8. The van der Waals surface area contributed by atoms with Crippen LogP contribution >= 0.6 is 0 Å². The highest BCUT2D eigenvalue weighted by Gasteiger charge is 2.30. The van der Waals surface area contributed by atoms with E-state index in [0.29, 0.717) is 12.0 Å². The molecule has 1 N–H and O–H groups in total. The van der Waals surface area contributed by atoms with Gasteiger partial charge in [-0.3, -0.25) is 0 Å². The summed E-state index contributed by atoms with van der Waals surface area (Å²) in [6, 6.07) is 4.69. The predicted molar refractivity (Wildman–Crippen MR) is 55.7 cm³/mol. The topological polar surface area (TPSA) is 46.5 Å². The number of allylic oxidation sites excluding steroid dienone is 1. The molecule has 0 saturated heterocycles. The highest BCUT2D eigenvalue weighted by molar-refractivity contribution is 5.94. The molecule has 1 atom stereocenters. The van der Waals surface area contributed by atoms with Crippen LogP contribution in [0.15, 0.2) is 30.9 Å². The molecule has 0 radical (unpaired) electrons. The number of phenolic OH excluding ortho intramolecular Hbond substituents is 1. The van der Waals surface area contributed by atoms with Gasteiger partial charge in [-0.1, -0.05) is 6.08 Å². The second kappa shape index (κ2) is 3.77. The molecule has 3 nitrogen and oxygen atoms in total. The van der Waals surface area contributed by atoms with E-state index in [1.54, 1.807) is 18.2 Å². The van der Waals surface area contributed by atoms with Crippen molar-refractivity contribution >= 4 is 5.97 Å². The average molecular weight is 204 g/mol. The van der Waals surface area contributed by atoms with Crippen molar-refractivity contribution < 1.29 is 14.6 Å². The number of esters is 1. The maximum absolute atomic E-state index is 11.4. The molecule has 0 bridgehead atoms. The fourth-order valence-electron chi connectivity index (χ4n) is 1.74. The maximum atomic E-state index is 11.4. The third-order valence-corrected chi connectivity index (χ3v) is 2.48. The molecule has 15 heavy (non-hydrogen) atoms. The van der Waals surface area contributed by atoms with E-state index >= 15 is 0 Å². The van der Waals surface area contributed by atoms with Gasteiger partial charge in [0.25, 0.3) is 0 Å². The minimum atomic E-state index is -0.306. The molecule has 0 amide bonds. The maximum Gasteiger partial charge on any atom is 0.339 e. The van der Waals surface area contributed by atoms with Crippen molar-refractivity contribution in [2.45, 2.75) is 18.9 Å². The third-order valence-electron chi connectivity index (χ3n) is 2.48. The molecule has 78 valence electrons. The fraction of sp³-hybridized carbons (Fsp3) is 0.250. The van der Waals surface area contributed by atoms with Crippen molar-refractivity contribution in [2.24, 2.45) is 0 Å². The summed E-state index contributed by atoms with van der Waals surface area (Å²) in [5.41, 5.74) is 1.34. The Bertz CT molecular complexity index is 409. The Hall–Kier alpha value is -1.77. The van der Waals surface area contributed by atoms with Crippen LogP contribution in [0.5, 0.6) is 5.75 Å². The molecule has 0 aliphatic carbocycles. The fourth-order valence-corrected chi connectivity index (χ4v) is 1.74. The largest absolute Gasteiger partial charge is 0.508 e. The van der Waals surface area contributed by atoms with Crippen molar-refractivity contribution in [3.8, 4) is 5.75 Å². The molecular weight excluding hydrogens is 192 g/mol. The summed E-state index contributed by atoms with van der Waals surface area (Å²) in [6.45, 7) is 3.62. The van der Waals surface area contributed by atoms with E-state index < -0.39 is 0 Å². The Morgan fingerprint density at radius 1 is 1.53 bits per heavy atom. The molecule has 1 heterocycles. The van der Waals surface area contributed by atoms with Crippen LogP contribution in [-0.4, -0.2) is 11.1 Å². The van der Waals surface area contributed by atoms with E-state index in [0.717, 1.165) is 12.0 Å². The van der Waals surface area contributed by atoms with Gasteiger partial charge in [-0.25, -0.2) is 4.79 Å². The highest BCUT2D eigenvalue weighted by Crippen LogP contribution is 2.35. The molecule has 1 unspecified atom stereocenters. The van der Waals surface area contributed by atoms with Crippen LogP contribution in [0.2, 0.25) is 0 Å². The SMILES string of the molecule is C=CCCC1OC(=O)c2ccc(O)cc21. The van der Waals surface area contributed by atoms with Crippen LogP contribution in [-0.2, 0) is 4.74 Å². The number of carbonyl (C=O) groups excluding carboxylic acids is 1. The van der Waals surface area contributed by atoms with Crippen LogP contribution in [0.3, 0.4) is 0 Å². The van der Waals surface area contributed by atoms with Crippen molar-refractivity contribution in [1.29, 1.82) is 0 Å². The van der Waals surface area contributed by atoms with E-state index in [-0.39, 0.29) is 17.8 Å². The number of hydrogen-bond acceptors (Lipinski definition) is 3. The molecule has 1 aliphatic heterocycles. The van der Waals surface area contributed by atoms with Gasteiger partial charge in [0.15, 0.2) is 0 Å². The highest BCUT2D eigenvalue weighted by atomic mass is 16.5. The lowest BCUT2D eigenvalue weighted by Gasteiger charge is -2.08. The Kier molecular flexibility index (Phi) is 2.46. The van der Waals surface area contributed by atoms with E-state index in [9.17, 15) is 9.90 Å². The molecule has 0 saturated carbocycles. The van der Waals surface area contributed by atoms with Gasteiger partial charge in [0.05, 0.1) is 5.56 Å². The molecule has 2 rings (SSSR count). The number of rotatable bonds is 3. The van der Waals surface area contributed by atoms with E-state index in [1.807, 2.05) is 0 Å². The lowest BCUT2D eigenvalue weighted by atomic mass is 10.0. The first-order chi connectivity index (χ1) is 7.22. The van der Waals surface area contributed by atoms with Crippen LogP contribution in [0.4, 0.5) is 0 Å². The summed E-state index contributed by atoms with van der Waals surface area (Å²) in [5.74, 6) is -0.144. The lowest BCUT2D eigenvalue weighted by Crippen LogP contribution is -1.97. The monoisotopic (exact) mass is 204 g/mol. The molecule has 0 aromatic heterocycles. The molecule has 1 aromatic rings. The van der Waals surface area contributed by atoms with E-state index in [4.69, 9.17) is 4.74 Å². The molecule has 0 fully saturated rings. The molecule has 1 aromatic carbocycles. The van der Waals surface area contributed by atoms with Gasteiger partial charge in [-0.15, -0.1) is 6.58 Å². The lowest BCUT2D eigenvalue weighted by molar-refractivity contribution is 0.0370. The molecule has 1 aliphatic rings. The minimum absolute atomic E-state index is 0.163. The zero-order valence-corrected chi connectivity index (χ0v) is 8.27. The Morgan fingerprint density at radius 3 is 3.07 bits per heavy atom. The minimum Gasteiger partial charge on any atom is -0.508 e. The van der Waals surface area contributed by atoms with Crippen molar-refractivity contribution in [3.05, 3.63) is 42.0 Å². The standard InChI is InChI=1S/C12H12O3/c1-2-3-4-11-10-7-8(13)5-6-9(10)12(14)15-11/h2,5-7,11,13H,1,3-4H2. The van der Waals surface area contributed by atoms with Crippen LogP contribution in [0.1, 0.15) is 34.9 Å². The number of aromatic hydroxyl groups is 1. The van der Waals surface area contributed by atoms with Gasteiger partial charge >= 0.3 is 5.97 Å². The molecular formula is C12H12O3. The number of phenols is 1. The first kappa shape index (κ1) is 9.77. The number of benzene rings is 1. The van der Waals surface area contributed by atoms with Crippen molar-refractivity contribution in [2.75, 3.05) is 0 Å². The van der Waals surface area contributed by atoms with Gasteiger partial charge in [0.1, 0.15) is 11.9 Å². The summed E-state index contributed by atoms with van der Waals surface area (Å²) in [5, 5.41) is 9.34. The zero-order valence-electron chi connectivity index (χ0n) is 8.27. The Balaban J connectivity index is 2.31. The first-order valence-electron chi connectivity index (χ1n) is 4.87. The number of fused-ring (bicyclic) bond motifs is 1. The number of carbonyl (C=O) groups is 1. The van der Waals surface area contributed by atoms with E-state index in [1.165, 1.54) is 6.07 Å². The van der Waals surface area contributed by atoms with Crippen LogP contribution < -0.4 is 0 Å². The second-order valence-corrected chi connectivity index (χ2v) is 3.53. The predicted octanol–water partition coefficient (Wildman–Crippen LogP) is 2.57. The third kappa shape index (κ3) is 1.73. The van der Waals surface area contributed by atoms with Crippen LogP contribution in [0.25, 0.3) is 0 Å². The summed E-state index contributed by atoms with van der Waals surface area (Å²) in [6.07, 6.45) is 3.05. The van der Waals surface area contributed by atoms with Gasteiger partial charge in [0, 0.05) is 5.56 Å². The summed E-state index contributed by atoms with van der Waals surface area (Å²) in [4.78, 5) is 11.4.